The average molecular weight is 370 g/mol. The first-order chi connectivity index (χ1) is 12.6. The van der Waals surface area contributed by atoms with E-state index in [2.05, 4.69) is 17.9 Å². The van der Waals surface area contributed by atoms with E-state index in [-0.39, 0.29) is 17.9 Å². The predicted molar refractivity (Wildman–Crippen MR) is 103 cm³/mol. The fourth-order valence-electron chi connectivity index (χ4n) is 3.15. The van der Waals surface area contributed by atoms with Crippen LogP contribution in [0.25, 0.3) is 0 Å². The Balaban J connectivity index is 1.58. The van der Waals surface area contributed by atoms with E-state index >= 15 is 0 Å². The van der Waals surface area contributed by atoms with Gasteiger partial charge in [0.1, 0.15) is 5.75 Å². The second kappa shape index (κ2) is 8.27. The van der Waals surface area contributed by atoms with Crippen molar-refractivity contribution in [1.29, 1.82) is 0 Å². The highest BCUT2D eigenvalue weighted by molar-refractivity contribution is 7.80. The number of ether oxygens (including phenoxy) is 1. The molecule has 0 bridgehead atoms. The molecule has 2 aromatic carbocycles. The lowest BCUT2D eigenvalue weighted by molar-refractivity contribution is 0.0694. The van der Waals surface area contributed by atoms with E-state index in [4.69, 9.17) is 4.74 Å². The number of para-hydroxylation sites is 1. The van der Waals surface area contributed by atoms with Gasteiger partial charge in [-0.05, 0) is 37.1 Å². The molecule has 5 nitrogen and oxygen atoms in total. The van der Waals surface area contributed by atoms with E-state index in [1.807, 2.05) is 35.2 Å². The Kier molecular flexibility index (Phi) is 5.83. The zero-order valence-corrected chi connectivity index (χ0v) is 15.5. The summed E-state index contributed by atoms with van der Waals surface area (Å²) in [5.41, 5.74) is 1.14. The van der Waals surface area contributed by atoms with Crippen LogP contribution in [0.2, 0.25) is 0 Å². The largest absolute Gasteiger partial charge is 0.496 e. The number of thiol groups is 1. The lowest BCUT2D eigenvalue weighted by atomic mass is 10.0. The minimum atomic E-state index is -0.145. The van der Waals surface area contributed by atoms with E-state index in [9.17, 15) is 9.59 Å². The number of hydrogen-bond acceptors (Lipinski definition) is 4. The number of carbonyl (C=O) groups is 2. The normalized spacial score (nSPS) is 14.8. The summed E-state index contributed by atoms with van der Waals surface area (Å²) in [6.07, 6.45) is 1.45. The third kappa shape index (κ3) is 4.02. The summed E-state index contributed by atoms with van der Waals surface area (Å²) >= 11 is 4.36. The zero-order chi connectivity index (χ0) is 18.5. The SMILES string of the molecule is COc1ccccc1C(=O)NC1CCN(C(=O)c2ccccc2S)CC1. The van der Waals surface area contributed by atoms with E-state index in [0.29, 0.717) is 34.9 Å². The Morgan fingerprint density at radius 1 is 1.04 bits per heavy atom. The monoisotopic (exact) mass is 370 g/mol. The van der Waals surface area contributed by atoms with Crippen LogP contribution in [0, 0.1) is 0 Å². The summed E-state index contributed by atoms with van der Waals surface area (Å²) in [4.78, 5) is 27.6. The van der Waals surface area contributed by atoms with Crippen LogP contribution in [0.3, 0.4) is 0 Å². The Morgan fingerprint density at radius 2 is 1.65 bits per heavy atom. The van der Waals surface area contributed by atoms with Gasteiger partial charge in [-0.3, -0.25) is 9.59 Å². The number of carbonyl (C=O) groups excluding carboxylic acids is 2. The highest BCUT2D eigenvalue weighted by Gasteiger charge is 2.26. The Morgan fingerprint density at radius 3 is 2.31 bits per heavy atom. The summed E-state index contributed by atoms with van der Waals surface area (Å²) in [5, 5.41) is 3.05. The van der Waals surface area contributed by atoms with Gasteiger partial charge in [0.25, 0.3) is 11.8 Å². The van der Waals surface area contributed by atoms with E-state index in [0.717, 1.165) is 12.8 Å². The molecule has 0 unspecified atom stereocenters. The molecule has 1 aliphatic heterocycles. The molecule has 0 saturated carbocycles. The van der Waals surface area contributed by atoms with Gasteiger partial charge in [-0.25, -0.2) is 0 Å². The molecule has 1 fully saturated rings. The smallest absolute Gasteiger partial charge is 0.255 e. The summed E-state index contributed by atoms with van der Waals surface area (Å²) < 4.78 is 5.24. The first kappa shape index (κ1) is 18.3. The standard InChI is InChI=1S/C20H22N2O3S/c1-25-17-8-4-2-6-15(17)19(23)21-14-10-12-22(13-11-14)20(24)16-7-3-5-9-18(16)26/h2-9,14,26H,10-13H2,1H3,(H,21,23). The number of piperidine rings is 1. The van der Waals surface area contributed by atoms with Crippen molar-refractivity contribution in [1.82, 2.24) is 10.2 Å². The summed E-state index contributed by atoms with van der Waals surface area (Å²) in [7, 11) is 1.55. The summed E-state index contributed by atoms with van der Waals surface area (Å²) in [6, 6.07) is 14.5. The van der Waals surface area contributed by atoms with Gasteiger partial charge < -0.3 is 15.0 Å². The molecule has 2 amide bonds. The first-order valence-corrected chi connectivity index (χ1v) is 9.06. The maximum absolute atomic E-state index is 12.6. The molecule has 136 valence electrons. The van der Waals surface area contributed by atoms with Crippen LogP contribution in [0.1, 0.15) is 33.6 Å². The van der Waals surface area contributed by atoms with Crippen LogP contribution < -0.4 is 10.1 Å². The number of benzene rings is 2. The number of rotatable bonds is 4. The highest BCUT2D eigenvalue weighted by Crippen LogP contribution is 2.20. The predicted octanol–water partition coefficient (Wildman–Crippen LogP) is 3.02. The maximum atomic E-state index is 12.6. The molecule has 26 heavy (non-hydrogen) atoms. The third-order valence-corrected chi connectivity index (χ3v) is 4.99. The van der Waals surface area contributed by atoms with Gasteiger partial charge >= 0.3 is 0 Å². The molecule has 6 heteroatoms. The molecule has 1 N–H and O–H groups in total. The van der Waals surface area contributed by atoms with Gasteiger partial charge in [-0.1, -0.05) is 24.3 Å². The van der Waals surface area contributed by atoms with Gasteiger partial charge in [-0.15, -0.1) is 12.6 Å². The van der Waals surface area contributed by atoms with Crippen molar-refractivity contribution in [3.05, 3.63) is 59.7 Å². The molecule has 2 aromatic rings. The van der Waals surface area contributed by atoms with Crippen LogP contribution >= 0.6 is 12.6 Å². The lowest BCUT2D eigenvalue weighted by Gasteiger charge is -2.32. The molecule has 0 aromatic heterocycles. The van der Waals surface area contributed by atoms with Crippen LogP contribution in [0.15, 0.2) is 53.4 Å². The van der Waals surface area contributed by atoms with Crippen molar-refractivity contribution >= 4 is 24.4 Å². The van der Waals surface area contributed by atoms with Crippen molar-refractivity contribution in [2.45, 2.75) is 23.8 Å². The molecule has 0 radical (unpaired) electrons. The molecule has 1 saturated heterocycles. The second-order valence-electron chi connectivity index (χ2n) is 6.26. The van der Waals surface area contributed by atoms with Gasteiger partial charge in [0.05, 0.1) is 18.2 Å². The number of amides is 2. The number of likely N-dealkylation sites (tertiary alicyclic amines) is 1. The Labute approximate surface area is 158 Å². The Bertz CT molecular complexity index is 801. The number of hydrogen-bond donors (Lipinski definition) is 2. The second-order valence-corrected chi connectivity index (χ2v) is 6.74. The van der Waals surface area contributed by atoms with Crippen LogP contribution in [-0.2, 0) is 0 Å². The molecule has 0 aliphatic carbocycles. The third-order valence-electron chi connectivity index (χ3n) is 4.60. The average Bonchev–Trinajstić information content (AvgIpc) is 2.68. The molecule has 0 spiro atoms. The molecule has 1 aliphatic rings. The summed E-state index contributed by atoms with van der Waals surface area (Å²) in [5.74, 6) is 0.404. The van der Waals surface area contributed by atoms with E-state index < -0.39 is 0 Å². The van der Waals surface area contributed by atoms with Crippen molar-refractivity contribution in [2.24, 2.45) is 0 Å². The van der Waals surface area contributed by atoms with Crippen molar-refractivity contribution in [3.8, 4) is 5.75 Å². The maximum Gasteiger partial charge on any atom is 0.255 e. The fraction of sp³-hybridized carbons (Fsp3) is 0.300. The highest BCUT2D eigenvalue weighted by atomic mass is 32.1. The van der Waals surface area contributed by atoms with E-state index in [1.165, 1.54) is 0 Å². The molecular weight excluding hydrogens is 348 g/mol. The van der Waals surface area contributed by atoms with Gasteiger partial charge in [0.2, 0.25) is 0 Å². The van der Waals surface area contributed by atoms with Crippen molar-refractivity contribution < 1.29 is 14.3 Å². The Hall–Kier alpha value is -2.47. The van der Waals surface area contributed by atoms with Gasteiger partial charge in [-0.2, -0.15) is 0 Å². The van der Waals surface area contributed by atoms with Gasteiger partial charge in [0.15, 0.2) is 0 Å². The first-order valence-electron chi connectivity index (χ1n) is 8.61. The number of nitrogens with one attached hydrogen (secondary N) is 1. The lowest BCUT2D eigenvalue weighted by Crippen LogP contribution is -2.46. The van der Waals surface area contributed by atoms with E-state index in [1.54, 1.807) is 25.3 Å². The summed E-state index contributed by atoms with van der Waals surface area (Å²) in [6.45, 7) is 1.22. The number of methoxy groups -OCH3 is 1. The van der Waals surface area contributed by atoms with Gasteiger partial charge in [0, 0.05) is 24.0 Å². The van der Waals surface area contributed by atoms with Crippen molar-refractivity contribution in [2.75, 3.05) is 20.2 Å². The molecule has 1 heterocycles. The molecule has 0 atom stereocenters. The van der Waals surface area contributed by atoms with Crippen LogP contribution in [0.4, 0.5) is 0 Å². The fourth-order valence-corrected chi connectivity index (χ4v) is 3.40. The minimum absolute atomic E-state index is 0.00916. The topological polar surface area (TPSA) is 58.6 Å². The zero-order valence-electron chi connectivity index (χ0n) is 14.6. The van der Waals surface area contributed by atoms with Crippen molar-refractivity contribution in [3.63, 3.8) is 0 Å². The molecule has 3 rings (SSSR count). The van der Waals surface area contributed by atoms with Crippen LogP contribution in [-0.4, -0.2) is 43.0 Å². The quantitative estimate of drug-likeness (QED) is 0.814. The molecular formula is C20H22N2O3S. The number of nitrogens with zero attached hydrogens (tertiary/aromatic N) is 1. The van der Waals surface area contributed by atoms with Crippen LogP contribution in [0.5, 0.6) is 5.75 Å². The minimum Gasteiger partial charge on any atom is -0.496 e.